The van der Waals surface area contributed by atoms with Crippen molar-refractivity contribution in [1.29, 1.82) is 0 Å². The van der Waals surface area contributed by atoms with Crippen LogP contribution in [-0.2, 0) is 10.1 Å². The van der Waals surface area contributed by atoms with E-state index in [2.05, 4.69) is 12.0 Å². The van der Waals surface area contributed by atoms with Crippen molar-refractivity contribution in [2.24, 2.45) is 5.84 Å². The van der Waals surface area contributed by atoms with E-state index in [-0.39, 0.29) is 4.90 Å². The summed E-state index contributed by atoms with van der Waals surface area (Å²) in [6.07, 6.45) is 0. The Morgan fingerprint density at radius 2 is 1.74 bits per heavy atom. The maximum absolute atomic E-state index is 11.9. The van der Waals surface area contributed by atoms with E-state index < -0.39 is 10.1 Å². The molecule has 136 valence electrons. The molecule has 1 aliphatic heterocycles. The van der Waals surface area contributed by atoms with E-state index in [0.29, 0.717) is 39.1 Å². The number of benzene rings is 3. The van der Waals surface area contributed by atoms with Gasteiger partial charge in [-0.25, -0.2) is 0 Å². The number of nitrogens with two attached hydrogens (primary N) is 1. The molecule has 0 aliphatic carbocycles. The summed E-state index contributed by atoms with van der Waals surface area (Å²) >= 11 is 0. The second-order valence-corrected chi connectivity index (χ2v) is 7.52. The molecule has 1 heterocycles. The zero-order valence-corrected chi connectivity index (χ0v) is 15.0. The zero-order valence-electron chi connectivity index (χ0n) is 14.1. The van der Waals surface area contributed by atoms with Crippen LogP contribution in [-0.4, -0.2) is 13.0 Å². The minimum Gasteiger partial charge on any atom is -0.456 e. The molecule has 0 saturated heterocycles. The molecule has 3 aromatic rings. The predicted octanol–water partition coefficient (Wildman–Crippen LogP) is 1.98. The van der Waals surface area contributed by atoms with Crippen LogP contribution in [0.1, 0.15) is 11.1 Å². The van der Waals surface area contributed by atoms with E-state index in [9.17, 15) is 13.0 Å². The van der Waals surface area contributed by atoms with E-state index in [0.717, 1.165) is 5.22 Å². The first-order chi connectivity index (χ1) is 12.9. The lowest BCUT2D eigenvalue weighted by Crippen LogP contribution is -2.21. The van der Waals surface area contributed by atoms with Crippen LogP contribution in [0, 0.1) is 0 Å². The number of nitrogen functional groups attached to an aromatic ring is 1. The summed E-state index contributed by atoms with van der Waals surface area (Å²) in [6, 6.07) is 17.0. The van der Waals surface area contributed by atoms with Gasteiger partial charge in [0.05, 0.1) is 5.69 Å². The monoisotopic (exact) mass is 380 g/mol. The Kier molecular flexibility index (Phi) is 4.00. The summed E-state index contributed by atoms with van der Waals surface area (Å²) in [7, 11) is -4.42. The first-order valence-corrected chi connectivity index (χ1v) is 9.51. The molecule has 1 aliphatic rings. The number of rotatable bonds is 3. The van der Waals surface area contributed by atoms with Crippen LogP contribution >= 0.6 is 0 Å². The first-order valence-electron chi connectivity index (χ1n) is 8.07. The number of hydrazine groups is 1. The standard InChI is InChI=1S/C20H16N2O4S/c1-12-6-8-14-17(10-12)26-18-11-13(22-21)7-9-15(18)20(14)16-4-2-3-5-19(16)27(23,24)25/h2-11,22H,1,21H2,(H,23,24,25). The first kappa shape index (κ1) is 17.3. The van der Waals surface area contributed by atoms with Crippen LogP contribution in [0.4, 0.5) is 5.69 Å². The molecule has 3 aromatic carbocycles. The maximum Gasteiger partial charge on any atom is 0.295 e. The molecule has 27 heavy (non-hydrogen) atoms. The van der Waals surface area contributed by atoms with Crippen LogP contribution < -0.4 is 26.4 Å². The molecule has 0 fully saturated rings. The van der Waals surface area contributed by atoms with Gasteiger partial charge in [-0.2, -0.15) is 8.42 Å². The topological polar surface area (TPSA) is 102 Å². The number of nitrogens with one attached hydrogen (secondary N) is 1. The Labute approximate surface area is 155 Å². The van der Waals surface area contributed by atoms with Gasteiger partial charge in [-0.05, 0) is 29.5 Å². The molecule has 0 atom stereocenters. The molecule has 0 aromatic heterocycles. The Hall–Kier alpha value is -3.13. The lowest BCUT2D eigenvalue weighted by molar-refractivity contribution is 0.471. The van der Waals surface area contributed by atoms with Gasteiger partial charge in [-0.15, -0.1) is 0 Å². The molecule has 0 radical (unpaired) electrons. The summed E-state index contributed by atoms with van der Waals surface area (Å²) in [6.45, 7) is 3.92. The van der Waals surface area contributed by atoms with Crippen LogP contribution in [0.2, 0.25) is 0 Å². The number of hydrogen-bond donors (Lipinski definition) is 3. The average molecular weight is 380 g/mol. The Balaban J connectivity index is 2.15. The molecule has 6 nitrogen and oxygen atoms in total. The van der Waals surface area contributed by atoms with Gasteiger partial charge in [-0.3, -0.25) is 10.4 Å². The van der Waals surface area contributed by atoms with Crippen LogP contribution in [0.25, 0.3) is 12.2 Å². The predicted molar refractivity (Wildman–Crippen MR) is 103 cm³/mol. The SMILES string of the molecule is C=c1ccc2c(c1)Oc1cc(NN)ccc1C=2c1ccccc1S(=O)(=O)O. The van der Waals surface area contributed by atoms with Crippen molar-refractivity contribution >= 4 is 28.0 Å². The Morgan fingerprint density at radius 1 is 0.963 bits per heavy atom. The second-order valence-electron chi connectivity index (χ2n) is 6.13. The van der Waals surface area contributed by atoms with Gasteiger partial charge in [0.2, 0.25) is 0 Å². The molecular weight excluding hydrogens is 364 g/mol. The fraction of sp³-hybridized carbons (Fsp3) is 0. The van der Waals surface area contributed by atoms with E-state index in [4.69, 9.17) is 10.6 Å². The van der Waals surface area contributed by atoms with Crippen molar-refractivity contribution in [3.8, 4) is 11.5 Å². The Bertz CT molecular complexity index is 1280. The number of hydrogen-bond acceptors (Lipinski definition) is 5. The highest BCUT2D eigenvalue weighted by Gasteiger charge is 2.25. The molecule has 0 bridgehead atoms. The van der Waals surface area contributed by atoms with Crippen LogP contribution in [0.5, 0.6) is 11.5 Å². The minimum absolute atomic E-state index is 0.168. The molecular formula is C20H16N2O4S. The van der Waals surface area contributed by atoms with Gasteiger partial charge in [-0.1, -0.05) is 36.9 Å². The van der Waals surface area contributed by atoms with E-state index in [1.54, 1.807) is 42.5 Å². The maximum atomic E-state index is 11.9. The van der Waals surface area contributed by atoms with Crippen LogP contribution in [0.15, 0.2) is 65.6 Å². The molecule has 0 spiro atoms. The molecule has 0 amide bonds. The number of fused-ring (bicyclic) bond motifs is 2. The van der Waals surface area contributed by atoms with Gasteiger partial charge >= 0.3 is 0 Å². The molecule has 0 saturated carbocycles. The van der Waals surface area contributed by atoms with Crippen LogP contribution in [0.3, 0.4) is 0 Å². The van der Waals surface area contributed by atoms with Gasteiger partial charge < -0.3 is 10.2 Å². The van der Waals surface area contributed by atoms with E-state index in [1.165, 1.54) is 6.07 Å². The largest absolute Gasteiger partial charge is 0.456 e. The van der Waals surface area contributed by atoms with Crippen molar-refractivity contribution in [2.75, 3.05) is 5.43 Å². The van der Waals surface area contributed by atoms with Gasteiger partial charge in [0, 0.05) is 28.0 Å². The van der Waals surface area contributed by atoms with E-state index in [1.807, 2.05) is 12.1 Å². The third-order valence-corrected chi connectivity index (χ3v) is 5.30. The summed E-state index contributed by atoms with van der Waals surface area (Å²) in [5, 5.41) is 1.46. The minimum atomic E-state index is -4.42. The Morgan fingerprint density at radius 3 is 2.48 bits per heavy atom. The quantitative estimate of drug-likeness (QED) is 0.285. The summed E-state index contributed by atoms with van der Waals surface area (Å²) < 4.78 is 39.6. The number of anilines is 1. The van der Waals surface area contributed by atoms with E-state index >= 15 is 0 Å². The second kappa shape index (κ2) is 6.24. The lowest BCUT2D eigenvalue weighted by Gasteiger charge is -2.22. The molecule has 0 unspecified atom stereocenters. The summed E-state index contributed by atoms with van der Waals surface area (Å²) in [5.41, 5.74) is 4.93. The van der Waals surface area contributed by atoms with Gasteiger partial charge in [0.15, 0.2) is 0 Å². The smallest absolute Gasteiger partial charge is 0.295 e. The normalized spacial score (nSPS) is 12.7. The highest BCUT2D eigenvalue weighted by Crippen LogP contribution is 2.38. The average Bonchev–Trinajstić information content (AvgIpc) is 2.64. The molecule has 4 rings (SSSR count). The highest BCUT2D eigenvalue weighted by atomic mass is 32.2. The summed E-state index contributed by atoms with van der Waals surface area (Å²) in [5.74, 6) is 6.56. The van der Waals surface area contributed by atoms with Crippen molar-refractivity contribution < 1.29 is 17.7 Å². The van der Waals surface area contributed by atoms with Crippen molar-refractivity contribution in [3.05, 3.63) is 82.2 Å². The highest BCUT2D eigenvalue weighted by molar-refractivity contribution is 7.86. The van der Waals surface area contributed by atoms with Crippen molar-refractivity contribution in [3.63, 3.8) is 0 Å². The zero-order chi connectivity index (χ0) is 19.2. The molecule has 7 heteroatoms. The molecule has 4 N–H and O–H groups in total. The number of ether oxygens (including phenoxy) is 1. The third kappa shape index (κ3) is 2.97. The fourth-order valence-electron chi connectivity index (χ4n) is 3.21. The summed E-state index contributed by atoms with van der Waals surface area (Å²) in [4.78, 5) is -0.168. The fourth-order valence-corrected chi connectivity index (χ4v) is 3.91. The lowest BCUT2D eigenvalue weighted by atomic mass is 9.92. The van der Waals surface area contributed by atoms with Gasteiger partial charge in [0.25, 0.3) is 10.1 Å². The van der Waals surface area contributed by atoms with Crippen molar-refractivity contribution in [2.45, 2.75) is 4.90 Å². The van der Waals surface area contributed by atoms with Gasteiger partial charge in [0.1, 0.15) is 16.4 Å². The van der Waals surface area contributed by atoms with Crippen molar-refractivity contribution in [1.82, 2.24) is 0 Å². The third-order valence-electron chi connectivity index (χ3n) is 4.39.